The number of benzene rings is 1. The Labute approximate surface area is 113 Å². The summed E-state index contributed by atoms with van der Waals surface area (Å²) >= 11 is 0. The Morgan fingerprint density at radius 2 is 2.37 bits per heavy atom. The van der Waals surface area contributed by atoms with Crippen LogP contribution in [0, 0.1) is 5.82 Å². The van der Waals surface area contributed by atoms with Gasteiger partial charge in [0.05, 0.1) is 0 Å². The van der Waals surface area contributed by atoms with Crippen LogP contribution in [0.3, 0.4) is 0 Å². The van der Waals surface area contributed by atoms with Crippen molar-refractivity contribution < 1.29 is 9.13 Å². The average Bonchev–Trinajstić information content (AvgIpc) is 3.04. The molecule has 0 aromatic heterocycles. The van der Waals surface area contributed by atoms with Crippen molar-refractivity contribution >= 4 is 0 Å². The van der Waals surface area contributed by atoms with E-state index in [0.29, 0.717) is 6.04 Å². The van der Waals surface area contributed by atoms with E-state index in [2.05, 4.69) is 17.1 Å². The van der Waals surface area contributed by atoms with Gasteiger partial charge in [0.2, 0.25) is 0 Å². The molecule has 0 radical (unpaired) electrons. The topological polar surface area (TPSA) is 24.5 Å². The largest absolute Gasteiger partial charge is 0.488 e. The fourth-order valence-corrected chi connectivity index (χ4v) is 3.14. The van der Waals surface area contributed by atoms with Crippen LogP contribution >= 0.6 is 0 Å². The van der Waals surface area contributed by atoms with Crippen molar-refractivity contribution in [1.29, 1.82) is 0 Å². The van der Waals surface area contributed by atoms with Crippen LogP contribution in [-0.4, -0.2) is 43.2 Å². The number of hydrogen-bond acceptors (Lipinski definition) is 3. The summed E-state index contributed by atoms with van der Waals surface area (Å²) in [5.74, 6) is 0.683. The Bertz CT molecular complexity index is 446. The van der Waals surface area contributed by atoms with Gasteiger partial charge in [-0.15, -0.1) is 0 Å². The molecule has 1 fully saturated rings. The Morgan fingerprint density at radius 3 is 3.11 bits per heavy atom. The van der Waals surface area contributed by atoms with Crippen LogP contribution in [0.15, 0.2) is 18.2 Å². The maximum atomic E-state index is 13.2. The Hall–Kier alpha value is -1.13. The van der Waals surface area contributed by atoms with Gasteiger partial charge in [-0.1, -0.05) is 6.92 Å². The quantitative estimate of drug-likeness (QED) is 0.897. The molecule has 0 saturated carbocycles. The summed E-state index contributed by atoms with van der Waals surface area (Å²) in [6.45, 7) is 6.34. The molecule has 0 bridgehead atoms. The van der Waals surface area contributed by atoms with Crippen molar-refractivity contribution in [2.45, 2.75) is 31.9 Å². The van der Waals surface area contributed by atoms with Gasteiger partial charge in [0, 0.05) is 31.1 Å². The number of nitrogens with one attached hydrogen (secondary N) is 1. The van der Waals surface area contributed by atoms with Gasteiger partial charge in [-0.3, -0.25) is 4.90 Å². The first-order valence-corrected chi connectivity index (χ1v) is 7.16. The third kappa shape index (κ3) is 2.74. The summed E-state index contributed by atoms with van der Waals surface area (Å²) in [7, 11) is 0. The van der Waals surface area contributed by atoms with Crippen molar-refractivity contribution in [3.8, 4) is 5.75 Å². The molecule has 0 aliphatic carbocycles. The molecule has 104 valence electrons. The molecule has 2 atom stereocenters. The van der Waals surface area contributed by atoms with E-state index in [1.54, 1.807) is 12.1 Å². The monoisotopic (exact) mass is 264 g/mol. The second kappa shape index (κ2) is 5.47. The molecule has 0 spiro atoms. The molecule has 0 amide bonds. The van der Waals surface area contributed by atoms with Gasteiger partial charge in [-0.05, 0) is 37.7 Å². The van der Waals surface area contributed by atoms with Crippen molar-refractivity contribution in [1.82, 2.24) is 10.2 Å². The molecular weight excluding hydrogens is 243 g/mol. The van der Waals surface area contributed by atoms with Gasteiger partial charge in [-0.25, -0.2) is 4.39 Å². The maximum Gasteiger partial charge on any atom is 0.123 e. The van der Waals surface area contributed by atoms with Crippen LogP contribution in [0.5, 0.6) is 5.75 Å². The number of nitrogens with zero attached hydrogens (tertiary/aromatic N) is 1. The lowest BCUT2D eigenvalue weighted by Gasteiger charge is -2.29. The summed E-state index contributed by atoms with van der Waals surface area (Å²) in [6.07, 6.45) is 2.20. The minimum Gasteiger partial charge on any atom is -0.488 e. The number of likely N-dealkylation sites (N-methyl/N-ethyl adjacent to an activating group) is 1. The smallest absolute Gasteiger partial charge is 0.123 e. The summed E-state index contributed by atoms with van der Waals surface area (Å²) in [6, 6.07) is 5.44. The number of halogens is 1. The fourth-order valence-electron chi connectivity index (χ4n) is 3.14. The van der Waals surface area contributed by atoms with Crippen LogP contribution < -0.4 is 10.1 Å². The van der Waals surface area contributed by atoms with E-state index in [1.807, 2.05) is 0 Å². The average molecular weight is 264 g/mol. The second-order valence-electron chi connectivity index (χ2n) is 5.43. The Kier molecular flexibility index (Phi) is 3.71. The van der Waals surface area contributed by atoms with Gasteiger partial charge >= 0.3 is 0 Å². The maximum absolute atomic E-state index is 13.2. The zero-order valence-electron chi connectivity index (χ0n) is 11.4. The first-order chi connectivity index (χ1) is 9.26. The highest BCUT2D eigenvalue weighted by Gasteiger charge is 2.28. The van der Waals surface area contributed by atoms with E-state index in [1.165, 1.54) is 12.5 Å². The third-order valence-electron chi connectivity index (χ3n) is 4.16. The second-order valence-corrected chi connectivity index (χ2v) is 5.43. The summed E-state index contributed by atoms with van der Waals surface area (Å²) < 4.78 is 19.1. The molecule has 3 nitrogen and oxygen atoms in total. The molecule has 1 aromatic rings. The van der Waals surface area contributed by atoms with Crippen molar-refractivity contribution in [2.75, 3.05) is 26.2 Å². The number of fused-ring (bicyclic) bond motifs is 1. The molecule has 3 rings (SSSR count). The van der Waals surface area contributed by atoms with Crippen LogP contribution in [0.1, 0.15) is 18.9 Å². The van der Waals surface area contributed by atoms with E-state index in [9.17, 15) is 4.39 Å². The highest BCUT2D eigenvalue weighted by atomic mass is 19.1. The normalized spacial score (nSPS) is 25.6. The van der Waals surface area contributed by atoms with Gasteiger partial charge in [-0.2, -0.15) is 0 Å². The van der Waals surface area contributed by atoms with Gasteiger partial charge in [0.1, 0.15) is 17.7 Å². The van der Waals surface area contributed by atoms with Crippen LogP contribution in [0.25, 0.3) is 0 Å². The summed E-state index contributed by atoms with van der Waals surface area (Å²) in [4.78, 5) is 2.48. The van der Waals surface area contributed by atoms with E-state index in [-0.39, 0.29) is 11.9 Å². The predicted octanol–water partition coefficient (Wildman–Crippen LogP) is 1.81. The van der Waals surface area contributed by atoms with Crippen molar-refractivity contribution in [3.05, 3.63) is 29.6 Å². The number of hydrogen-bond donors (Lipinski definition) is 1. The Balaban J connectivity index is 1.62. The third-order valence-corrected chi connectivity index (χ3v) is 4.16. The number of ether oxygens (including phenoxy) is 1. The Morgan fingerprint density at radius 1 is 1.47 bits per heavy atom. The molecule has 1 saturated heterocycles. The zero-order valence-corrected chi connectivity index (χ0v) is 11.4. The van der Waals surface area contributed by atoms with Crippen LogP contribution in [0.4, 0.5) is 4.39 Å². The van der Waals surface area contributed by atoms with Crippen LogP contribution in [0.2, 0.25) is 0 Å². The van der Waals surface area contributed by atoms with Gasteiger partial charge in [0.15, 0.2) is 0 Å². The minimum atomic E-state index is -0.171. The lowest BCUT2D eigenvalue weighted by Crippen LogP contribution is -2.42. The van der Waals surface area contributed by atoms with E-state index >= 15 is 0 Å². The van der Waals surface area contributed by atoms with Crippen LogP contribution in [-0.2, 0) is 6.42 Å². The lowest BCUT2D eigenvalue weighted by molar-refractivity contribution is 0.126. The molecule has 2 aliphatic heterocycles. The van der Waals surface area contributed by atoms with Crippen molar-refractivity contribution in [3.63, 3.8) is 0 Å². The van der Waals surface area contributed by atoms with Crippen molar-refractivity contribution in [2.24, 2.45) is 0 Å². The van der Waals surface area contributed by atoms with Gasteiger partial charge in [0.25, 0.3) is 0 Å². The zero-order chi connectivity index (χ0) is 13.2. The van der Waals surface area contributed by atoms with E-state index < -0.39 is 0 Å². The molecule has 1 N–H and O–H groups in total. The first kappa shape index (κ1) is 12.9. The molecular formula is C15H21FN2O. The molecule has 1 aromatic carbocycles. The number of rotatable bonds is 4. The lowest BCUT2D eigenvalue weighted by atomic mass is 10.1. The molecule has 2 aliphatic rings. The van der Waals surface area contributed by atoms with Gasteiger partial charge < -0.3 is 10.1 Å². The predicted molar refractivity (Wildman–Crippen MR) is 73.0 cm³/mol. The minimum absolute atomic E-state index is 0.164. The van der Waals surface area contributed by atoms with E-state index in [4.69, 9.17) is 4.74 Å². The fraction of sp³-hybridized carbons (Fsp3) is 0.600. The molecule has 4 heteroatoms. The highest BCUT2D eigenvalue weighted by molar-refractivity contribution is 5.37. The van der Waals surface area contributed by atoms with E-state index in [0.717, 1.165) is 43.9 Å². The SMILES string of the molecule is CCN(CC1Cc2cc(F)ccc2O1)C1CCNC1. The molecule has 2 unspecified atom stereocenters. The first-order valence-electron chi connectivity index (χ1n) is 7.16. The standard InChI is InChI=1S/C15H21FN2O/c1-2-18(13-5-6-17-9-13)10-14-8-11-7-12(16)3-4-15(11)19-14/h3-4,7,13-14,17H,2,5-6,8-10H2,1H3. The highest BCUT2D eigenvalue weighted by Crippen LogP contribution is 2.30. The molecule has 2 heterocycles. The molecule has 19 heavy (non-hydrogen) atoms. The summed E-state index contributed by atoms with van der Waals surface area (Å²) in [5.41, 5.74) is 1.01. The summed E-state index contributed by atoms with van der Waals surface area (Å²) in [5, 5.41) is 3.40.